The van der Waals surface area contributed by atoms with E-state index in [0.29, 0.717) is 5.52 Å². The fourth-order valence-electron chi connectivity index (χ4n) is 1.90. The summed E-state index contributed by atoms with van der Waals surface area (Å²) in [4.78, 5) is 16.4. The number of hydrogen-bond acceptors (Lipinski definition) is 2. The SMILES string of the molecule is O=c1c2ccccc2ccc2cccnc12. The number of nitrogens with zero attached hydrogens (tertiary/aromatic N) is 1. The van der Waals surface area contributed by atoms with Gasteiger partial charge in [0, 0.05) is 17.0 Å². The quantitative estimate of drug-likeness (QED) is 0.567. The largest absolute Gasteiger partial charge is 0.287 e. The van der Waals surface area contributed by atoms with Gasteiger partial charge in [-0.25, -0.2) is 0 Å². The molecule has 2 nitrogen and oxygen atoms in total. The highest BCUT2D eigenvalue weighted by molar-refractivity contribution is 5.91. The van der Waals surface area contributed by atoms with Gasteiger partial charge in [0.1, 0.15) is 5.52 Å². The van der Waals surface area contributed by atoms with Crippen molar-refractivity contribution in [1.82, 2.24) is 4.98 Å². The highest BCUT2D eigenvalue weighted by Gasteiger charge is 2.01. The number of benzene rings is 1. The molecule has 16 heavy (non-hydrogen) atoms. The molecule has 0 atom stereocenters. The molecular weight excluding hydrogens is 198 g/mol. The molecule has 0 N–H and O–H groups in total. The zero-order valence-corrected chi connectivity index (χ0v) is 8.55. The Balaban J connectivity index is 2.69. The minimum absolute atomic E-state index is 0.00352. The lowest BCUT2D eigenvalue weighted by atomic mass is 10.2. The highest BCUT2D eigenvalue weighted by Crippen LogP contribution is 2.12. The first-order chi connectivity index (χ1) is 7.86. The van der Waals surface area contributed by atoms with Crippen LogP contribution in [0.15, 0.2) is 59.5 Å². The molecule has 1 heterocycles. The summed E-state index contributed by atoms with van der Waals surface area (Å²) in [6, 6.07) is 15.2. The summed E-state index contributed by atoms with van der Waals surface area (Å²) >= 11 is 0. The molecule has 0 unspecified atom stereocenters. The molecule has 0 aliphatic carbocycles. The fourth-order valence-corrected chi connectivity index (χ4v) is 1.90. The predicted molar refractivity (Wildman–Crippen MR) is 65.5 cm³/mol. The minimum atomic E-state index is -0.00352. The van der Waals surface area contributed by atoms with Crippen LogP contribution in [0.25, 0.3) is 21.7 Å². The summed E-state index contributed by atoms with van der Waals surface area (Å²) in [5.74, 6) is 0. The molecule has 3 aromatic rings. The Morgan fingerprint density at radius 2 is 1.56 bits per heavy atom. The van der Waals surface area contributed by atoms with Crippen LogP contribution < -0.4 is 5.43 Å². The van der Waals surface area contributed by atoms with Gasteiger partial charge in [0.25, 0.3) is 0 Å². The zero-order valence-electron chi connectivity index (χ0n) is 8.55. The smallest absolute Gasteiger partial charge is 0.212 e. The van der Waals surface area contributed by atoms with E-state index in [2.05, 4.69) is 4.98 Å². The molecule has 0 aliphatic rings. The first-order valence-corrected chi connectivity index (χ1v) is 5.13. The molecule has 0 fully saturated rings. The summed E-state index contributed by atoms with van der Waals surface area (Å²) in [6.45, 7) is 0. The van der Waals surface area contributed by atoms with Crippen LogP contribution in [0, 0.1) is 0 Å². The summed E-state index contributed by atoms with van der Waals surface area (Å²) in [5.41, 5.74) is 0.528. The lowest BCUT2D eigenvalue weighted by molar-refractivity contribution is 1.41. The Labute approximate surface area is 92.2 Å². The van der Waals surface area contributed by atoms with Gasteiger partial charge in [0.2, 0.25) is 5.43 Å². The summed E-state index contributed by atoms with van der Waals surface area (Å²) in [6.07, 6.45) is 1.65. The van der Waals surface area contributed by atoms with E-state index in [1.165, 1.54) is 0 Å². The second-order valence-corrected chi connectivity index (χ2v) is 3.69. The molecule has 0 saturated heterocycles. The maximum absolute atomic E-state index is 12.2. The molecule has 0 spiro atoms. The monoisotopic (exact) mass is 207 g/mol. The van der Waals surface area contributed by atoms with Crippen LogP contribution in [0.2, 0.25) is 0 Å². The number of aromatic nitrogens is 1. The molecule has 0 radical (unpaired) electrons. The van der Waals surface area contributed by atoms with Gasteiger partial charge in [0.05, 0.1) is 0 Å². The average Bonchev–Trinajstić information content (AvgIpc) is 2.49. The number of pyridine rings is 1. The Bertz CT molecular complexity index is 673. The van der Waals surface area contributed by atoms with Gasteiger partial charge < -0.3 is 0 Å². The molecule has 76 valence electrons. The van der Waals surface area contributed by atoms with Gasteiger partial charge in [-0.1, -0.05) is 42.5 Å². The normalized spacial score (nSPS) is 10.8. The van der Waals surface area contributed by atoms with E-state index in [0.717, 1.165) is 16.2 Å². The highest BCUT2D eigenvalue weighted by atomic mass is 16.1. The maximum atomic E-state index is 12.2. The third-order valence-electron chi connectivity index (χ3n) is 2.70. The predicted octanol–water partition coefficient (Wildman–Crippen LogP) is 2.75. The average molecular weight is 207 g/mol. The standard InChI is InChI=1S/C14H9NO/c16-14-12-6-2-1-4-10(12)7-8-11-5-3-9-15-13(11)14/h1-9H. The van der Waals surface area contributed by atoms with Gasteiger partial charge in [-0.15, -0.1) is 0 Å². The van der Waals surface area contributed by atoms with Gasteiger partial charge in [-0.2, -0.15) is 0 Å². The third-order valence-corrected chi connectivity index (χ3v) is 2.70. The Morgan fingerprint density at radius 3 is 2.50 bits per heavy atom. The van der Waals surface area contributed by atoms with Crippen LogP contribution >= 0.6 is 0 Å². The van der Waals surface area contributed by atoms with Crippen molar-refractivity contribution in [2.24, 2.45) is 0 Å². The van der Waals surface area contributed by atoms with Crippen molar-refractivity contribution < 1.29 is 0 Å². The van der Waals surface area contributed by atoms with Gasteiger partial charge in [0.15, 0.2) is 0 Å². The second-order valence-electron chi connectivity index (χ2n) is 3.69. The molecule has 0 saturated carbocycles. The molecule has 2 aromatic carbocycles. The zero-order chi connectivity index (χ0) is 11.0. The van der Waals surface area contributed by atoms with E-state index < -0.39 is 0 Å². The Kier molecular flexibility index (Phi) is 1.93. The van der Waals surface area contributed by atoms with Crippen molar-refractivity contribution in [3.63, 3.8) is 0 Å². The van der Waals surface area contributed by atoms with E-state index in [-0.39, 0.29) is 5.43 Å². The second kappa shape index (κ2) is 3.42. The Hall–Kier alpha value is -2.22. The number of rotatable bonds is 0. The molecule has 0 amide bonds. The van der Waals surface area contributed by atoms with Crippen LogP contribution in [-0.2, 0) is 0 Å². The van der Waals surface area contributed by atoms with Gasteiger partial charge >= 0.3 is 0 Å². The van der Waals surface area contributed by atoms with E-state index in [4.69, 9.17) is 0 Å². The van der Waals surface area contributed by atoms with Gasteiger partial charge in [-0.3, -0.25) is 9.78 Å². The lowest BCUT2D eigenvalue weighted by Crippen LogP contribution is -1.99. The van der Waals surface area contributed by atoms with Crippen molar-refractivity contribution in [1.29, 1.82) is 0 Å². The van der Waals surface area contributed by atoms with Gasteiger partial charge in [-0.05, 0) is 11.5 Å². The maximum Gasteiger partial charge on any atom is 0.212 e. The summed E-state index contributed by atoms with van der Waals surface area (Å²) in [5, 5.41) is 2.55. The topological polar surface area (TPSA) is 30.0 Å². The number of hydrogen-bond donors (Lipinski definition) is 0. The third kappa shape index (κ3) is 1.27. The molecule has 2 heteroatoms. The first kappa shape index (κ1) is 9.04. The van der Waals surface area contributed by atoms with Crippen molar-refractivity contribution >= 4 is 21.7 Å². The molecule has 0 bridgehead atoms. The van der Waals surface area contributed by atoms with Crippen LogP contribution in [-0.4, -0.2) is 4.98 Å². The van der Waals surface area contributed by atoms with Crippen molar-refractivity contribution in [2.75, 3.05) is 0 Å². The number of fused-ring (bicyclic) bond motifs is 2. The van der Waals surface area contributed by atoms with Crippen LogP contribution in [0.4, 0.5) is 0 Å². The molecular formula is C14H9NO. The summed E-state index contributed by atoms with van der Waals surface area (Å²) in [7, 11) is 0. The first-order valence-electron chi connectivity index (χ1n) is 5.13. The van der Waals surface area contributed by atoms with E-state index in [1.807, 2.05) is 48.5 Å². The van der Waals surface area contributed by atoms with E-state index in [1.54, 1.807) is 6.20 Å². The van der Waals surface area contributed by atoms with Crippen molar-refractivity contribution in [3.8, 4) is 0 Å². The lowest BCUT2D eigenvalue weighted by Gasteiger charge is -1.89. The molecule has 0 aliphatic heterocycles. The van der Waals surface area contributed by atoms with Crippen molar-refractivity contribution in [2.45, 2.75) is 0 Å². The van der Waals surface area contributed by atoms with E-state index in [9.17, 15) is 4.79 Å². The van der Waals surface area contributed by atoms with E-state index >= 15 is 0 Å². The molecule has 1 aromatic heterocycles. The van der Waals surface area contributed by atoms with Crippen LogP contribution in [0.3, 0.4) is 0 Å². The van der Waals surface area contributed by atoms with Crippen LogP contribution in [0.5, 0.6) is 0 Å². The molecule has 3 rings (SSSR count). The van der Waals surface area contributed by atoms with Crippen molar-refractivity contribution in [3.05, 3.63) is 65.0 Å². The fraction of sp³-hybridized carbons (Fsp3) is 0. The summed E-state index contributed by atoms with van der Waals surface area (Å²) < 4.78 is 0. The van der Waals surface area contributed by atoms with Crippen LogP contribution in [0.1, 0.15) is 0 Å². The Morgan fingerprint density at radius 1 is 0.812 bits per heavy atom. The minimum Gasteiger partial charge on any atom is -0.287 e.